The van der Waals surface area contributed by atoms with Gasteiger partial charge in [-0.15, -0.1) is 0 Å². The molecule has 0 atom stereocenters. The monoisotopic (exact) mass is 258 g/mol. The molecule has 1 aromatic rings. The van der Waals surface area contributed by atoms with Gasteiger partial charge in [0, 0.05) is 5.92 Å². The zero-order valence-corrected chi connectivity index (χ0v) is 10.9. The molecule has 1 fully saturated rings. The fraction of sp³-hybridized carbons (Fsp3) is 0.467. The Bertz CT molecular complexity index is 458. The molecule has 0 N–H and O–H groups in total. The standard InChI is InChI=1S/C15H18N2O2/c16-17-10-15(18)13-6-8-14(9-7-13)19-11-12-4-2-1-3-5-12/h1-5,10,13-14H,6-9,11H2. The van der Waals surface area contributed by atoms with Crippen LogP contribution in [-0.4, -0.2) is 22.9 Å². The molecule has 0 aliphatic heterocycles. The molecule has 1 aromatic carbocycles. The van der Waals surface area contributed by atoms with Crippen LogP contribution >= 0.6 is 0 Å². The Hall–Kier alpha value is -1.77. The van der Waals surface area contributed by atoms with E-state index in [0.717, 1.165) is 31.9 Å². The van der Waals surface area contributed by atoms with E-state index in [9.17, 15) is 4.79 Å². The third-order valence-corrected chi connectivity index (χ3v) is 3.59. The molecular formula is C15H18N2O2. The summed E-state index contributed by atoms with van der Waals surface area (Å²) in [6, 6.07) is 10.1. The van der Waals surface area contributed by atoms with Crippen molar-refractivity contribution in [1.82, 2.24) is 0 Å². The van der Waals surface area contributed by atoms with Crippen molar-refractivity contribution in [1.29, 1.82) is 0 Å². The maximum absolute atomic E-state index is 11.5. The van der Waals surface area contributed by atoms with Gasteiger partial charge in [-0.2, -0.15) is 4.79 Å². The first-order chi connectivity index (χ1) is 9.29. The van der Waals surface area contributed by atoms with Gasteiger partial charge in [0.25, 0.3) is 0 Å². The van der Waals surface area contributed by atoms with E-state index in [2.05, 4.69) is 4.79 Å². The van der Waals surface area contributed by atoms with E-state index in [1.54, 1.807) is 0 Å². The Labute approximate surface area is 113 Å². The minimum absolute atomic E-state index is 0.00697. The van der Waals surface area contributed by atoms with Crippen molar-refractivity contribution in [2.45, 2.75) is 38.4 Å². The molecule has 0 heterocycles. The Balaban J connectivity index is 1.75. The lowest BCUT2D eigenvalue weighted by atomic mass is 9.85. The predicted molar refractivity (Wildman–Crippen MR) is 71.7 cm³/mol. The number of Topliss-reactive ketones (excluding diaryl/α,β-unsaturated/α-hetero) is 1. The minimum atomic E-state index is -0.0796. The maximum atomic E-state index is 11.5. The van der Waals surface area contributed by atoms with Crippen LogP contribution in [0.1, 0.15) is 31.2 Å². The van der Waals surface area contributed by atoms with Gasteiger partial charge in [0.1, 0.15) is 0 Å². The van der Waals surface area contributed by atoms with Crippen LogP contribution in [0.2, 0.25) is 0 Å². The molecule has 0 spiro atoms. The molecule has 0 bridgehead atoms. The van der Waals surface area contributed by atoms with E-state index in [1.165, 1.54) is 5.56 Å². The lowest BCUT2D eigenvalue weighted by Crippen LogP contribution is -2.26. The highest BCUT2D eigenvalue weighted by atomic mass is 16.5. The number of hydrogen-bond acceptors (Lipinski definition) is 2. The summed E-state index contributed by atoms with van der Waals surface area (Å²) in [7, 11) is 0. The number of carbonyl (C=O) groups is 1. The van der Waals surface area contributed by atoms with Crippen molar-refractivity contribution in [2.75, 3.05) is 0 Å². The number of nitrogens with zero attached hydrogens (tertiary/aromatic N) is 2. The molecule has 1 aliphatic carbocycles. The molecule has 4 nitrogen and oxygen atoms in total. The lowest BCUT2D eigenvalue weighted by molar-refractivity contribution is -0.121. The van der Waals surface area contributed by atoms with E-state index >= 15 is 0 Å². The third kappa shape index (κ3) is 4.12. The normalized spacial score (nSPS) is 22.5. The average molecular weight is 258 g/mol. The fourth-order valence-electron chi connectivity index (χ4n) is 2.46. The Morgan fingerprint density at radius 1 is 1.26 bits per heavy atom. The molecule has 100 valence electrons. The molecule has 0 amide bonds. The van der Waals surface area contributed by atoms with Gasteiger partial charge in [0.2, 0.25) is 5.78 Å². The lowest BCUT2D eigenvalue weighted by Gasteiger charge is -2.26. The summed E-state index contributed by atoms with van der Waals surface area (Å²) in [6.45, 7) is 0.627. The van der Waals surface area contributed by atoms with Gasteiger partial charge in [-0.05, 0) is 31.2 Å². The van der Waals surface area contributed by atoms with Crippen molar-refractivity contribution >= 4 is 12.0 Å². The van der Waals surface area contributed by atoms with Crippen molar-refractivity contribution < 1.29 is 14.3 Å². The number of carbonyl (C=O) groups excluding carboxylic acids is 1. The van der Waals surface area contributed by atoms with Gasteiger partial charge >= 0.3 is 6.21 Å². The zero-order valence-electron chi connectivity index (χ0n) is 10.9. The van der Waals surface area contributed by atoms with Crippen LogP contribution < -0.4 is 0 Å². The second kappa shape index (κ2) is 6.98. The highest BCUT2D eigenvalue weighted by Gasteiger charge is 2.27. The van der Waals surface area contributed by atoms with Gasteiger partial charge in [-0.1, -0.05) is 30.3 Å². The number of rotatable bonds is 5. The van der Waals surface area contributed by atoms with Crippen LogP contribution in [0.4, 0.5) is 0 Å². The average Bonchev–Trinajstić information content (AvgIpc) is 2.47. The molecule has 0 saturated heterocycles. The molecule has 0 aromatic heterocycles. The zero-order chi connectivity index (χ0) is 13.5. The predicted octanol–water partition coefficient (Wildman–Crippen LogP) is 2.63. The molecule has 19 heavy (non-hydrogen) atoms. The molecule has 1 aliphatic rings. The Kier molecular flexibility index (Phi) is 5.01. The van der Waals surface area contributed by atoms with Crippen molar-refractivity contribution in [3.8, 4) is 0 Å². The minimum Gasteiger partial charge on any atom is -0.374 e. The SMILES string of the molecule is [N-]=[N+]=CC(=O)C1CCC(OCc2ccccc2)CC1. The van der Waals surface area contributed by atoms with Crippen molar-refractivity contribution in [3.05, 3.63) is 41.4 Å². The summed E-state index contributed by atoms with van der Waals surface area (Å²) in [4.78, 5) is 14.3. The van der Waals surface area contributed by atoms with E-state index in [-0.39, 0.29) is 17.8 Å². The molecule has 4 heteroatoms. The smallest absolute Gasteiger partial charge is 0.323 e. The Morgan fingerprint density at radius 3 is 2.58 bits per heavy atom. The Morgan fingerprint density at radius 2 is 1.95 bits per heavy atom. The number of benzene rings is 1. The van der Waals surface area contributed by atoms with Crippen LogP contribution in [-0.2, 0) is 16.1 Å². The summed E-state index contributed by atoms with van der Waals surface area (Å²) in [5.41, 5.74) is 9.53. The van der Waals surface area contributed by atoms with Crippen molar-refractivity contribution in [2.24, 2.45) is 5.92 Å². The van der Waals surface area contributed by atoms with Gasteiger partial charge in [0.05, 0.1) is 12.7 Å². The number of hydrogen-bond donors (Lipinski definition) is 0. The van der Waals surface area contributed by atoms with Crippen LogP contribution in [0.5, 0.6) is 0 Å². The van der Waals surface area contributed by atoms with E-state index < -0.39 is 0 Å². The summed E-state index contributed by atoms with van der Waals surface area (Å²) in [6.07, 6.45) is 4.64. The topological polar surface area (TPSA) is 62.7 Å². The second-order valence-electron chi connectivity index (χ2n) is 4.92. The largest absolute Gasteiger partial charge is 0.374 e. The van der Waals surface area contributed by atoms with E-state index in [4.69, 9.17) is 10.3 Å². The van der Waals surface area contributed by atoms with Gasteiger partial charge in [-0.3, -0.25) is 4.79 Å². The van der Waals surface area contributed by atoms with Crippen LogP contribution in [0.15, 0.2) is 30.3 Å². The first-order valence-electron chi connectivity index (χ1n) is 6.66. The van der Waals surface area contributed by atoms with Crippen LogP contribution in [0, 0.1) is 5.92 Å². The van der Waals surface area contributed by atoms with Crippen LogP contribution in [0.3, 0.4) is 0 Å². The summed E-state index contributed by atoms with van der Waals surface area (Å²) < 4.78 is 5.86. The van der Waals surface area contributed by atoms with Gasteiger partial charge in [0.15, 0.2) is 0 Å². The molecule has 1 saturated carbocycles. The van der Waals surface area contributed by atoms with Crippen molar-refractivity contribution in [3.63, 3.8) is 0 Å². The van der Waals surface area contributed by atoms with Gasteiger partial charge in [-0.25, -0.2) is 0 Å². The highest BCUT2D eigenvalue weighted by Crippen LogP contribution is 2.27. The van der Waals surface area contributed by atoms with E-state index in [0.29, 0.717) is 6.61 Å². The maximum Gasteiger partial charge on any atom is 0.323 e. The number of ether oxygens (including phenoxy) is 1. The third-order valence-electron chi connectivity index (χ3n) is 3.59. The quantitative estimate of drug-likeness (QED) is 0.463. The molecule has 0 radical (unpaired) electrons. The highest BCUT2D eigenvalue weighted by molar-refractivity contribution is 6.26. The number of ketones is 1. The molecular weight excluding hydrogens is 240 g/mol. The first-order valence-corrected chi connectivity index (χ1v) is 6.66. The summed E-state index contributed by atoms with van der Waals surface area (Å²) >= 11 is 0. The fourth-order valence-corrected chi connectivity index (χ4v) is 2.46. The molecule has 0 unspecified atom stereocenters. The first kappa shape index (κ1) is 13.7. The van der Waals surface area contributed by atoms with Gasteiger partial charge < -0.3 is 10.3 Å². The van der Waals surface area contributed by atoms with Crippen LogP contribution in [0.25, 0.3) is 5.53 Å². The summed E-state index contributed by atoms with van der Waals surface area (Å²) in [5, 5.41) is 0. The summed E-state index contributed by atoms with van der Waals surface area (Å²) in [5.74, 6) is -0.0866. The second-order valence-corrected chi connectivity index (χ2v) is 4.92. The van der Waals surface area contributed by atoms with E-state index in [1.807, 2.05) is 30.3 Å². The molecule has 2 rings (SSSR count).